The zero-order valence-corrected chi connectivity index (χ0v) is 19.3. The first kappa shape index (κ1) is 20.8. The van der Waals surface area contributed by atoms with Crippen LogP contribution in [-0.2, 0) is 6.42 Å². The number of benzene rings is 2. The molecule has 0 saturated heterocycles. The van der Waals surface area contributed by atoms with Crippen molar-refractivity contribution in [3.05, 3.63) is 71.4 Å². The largest absolute Gasteiger partial charge is 0.495 e. The van der Waals surface area contributed by atoms with E-state index in [9.17, 15) is 0 Å². The predicted octanol–water partition coefficient (Wildman–Crippen LogP) is 4.30. The van der Waals surface area contributed by atoms with E-state index >= 15 is 0 Å². The monoisotopic (exact) mass is 443 g/mol. The van der Waals surface area contributed by atoms with Gasteiger partial charge in [-0.05, 0) is 49.2 Å². The van der Waals surface area contributed by atoms with Crippen LogP contribution in [0, 0.1) is 13.8 Å². The zero-order chi connectivity index (χ0) is 23.1. The summed E-state index contributed by atoms with van der Waals surface area (Å²) in [6, 6.07) is 13.8. The van der Waals surface area contributed by atoms with Gasteiger partial charge in [0.1, 0.15) is 12.1 Å². The maximum Gasteiger partial charge on any atom is 0.168 e. The fourth-order valence-corrected chi connectivity index (χ4v) is 4.26. The van der Waals surface area contributed by atoms with Gasteiger partial charge < -0.3 is 14.2 Å². The standard InChI is InChI=1S/C25H25N5O3/c1-15-16(2)30(18-8-6-7-9-19(18)31-3)24-23(15)25-27-22(28-29(25)14-26-24)13-17-10-11-20(32-4)21(12-17)33-5/h6-12,14H,13H2,1-5H3. The Morgan fingerprint density at radius 3 is 2.36 bits per heavy atom. The zero-order valence-electron chi connectivity index (χ0n) is 19.3. The first-order valence-electron chi connectivity index (χ1n) is 10.6. The average molecular weight is 444 g/mol. The molecule has 0 atom stereocenters. The summed E-state index contributed by atoms with van der Waals surface area (Å²) in [5.41, 5.74) is 5.78. The van der Waals surface area contributed by atoms with E-state index in [1.54, 1.807) is 32.2 Å². The van der Waals surface area contributed by atoms with Crippen LogP contribution < -0.4 is 14.2 Å². The van der Waals surface area contributed by atoms with Crippen molar-refractivity contribution in [1.29, 1.82) is 0 Å². The van der Waals surface area contributed by atoms with Crippen LogP contribution >= 0.6 is 0 Å². The molecule has 0 aliphatic carbocycles. The van der Waals surface area contributed by atoms with Gasteiger partial charge in [0.15, 0.2) is 28.6 Å². The fourth-order valence-electron chi connectivity index (χ4n) is 4.26. The summed E-state index contributed by atoms with van der Waals surface area (Å²) in [7, 11) is 4.93. The summed E-state index contributed by atoms with van der Waals surface area (Å²) < 4.78 is 20.2. The smallest absolute Gasteiger partial charge is 0.168 e. The highest BCUT2D eigenvalue weighted by Gasteiger charge is 2.20. The highest BCUT2D eigenvalue weighted by Crippen LogP contribution is 2.33. The normalized spacial score (nSPS) is 11.3. The van der Waals surface area contributed by atoms with Crippen LogP contribution in [0.2, 0.25) is 0 Å². The Morgan fingerprint density at radius 2 is 1.61 bits per heavy atom. The minimum Gasteiger partial charge on any atom is -0.495 e. The van der Waals surface area contributed by atoms with Gasteiger partial charge in [-0.1, -0.05) is 18.2 Å². The van der Waals surface area contributed by atoms with Gasteiger partial charge >= 0.3 is 0 Å². The molecule has 0 spiro atoms. The van der Waals surface area contributed by atoms with E-state index in [1.807, 2.05) is 42.5 Å². The second-order valence-corrected chi connectivity index (χ2v) is 7.82. The molecule has 0 bridgehead atoms. The summed E-state index contributed by atoms with van der Waals surface area (Å²) in [6.07, 6.45) is 2.28. The quantitative estimate of drug-likeness (QED) is 0.389. The number of aryl methyl sites for hydroxylation is 1. The van der Waals surface area contributed by atoms with E-state index in [2.05, 4.69) is 23.5 Å². The first-order chi connectivity index (χ1) is 16.0. The van der Waals surface area contributed by atoms with Crippen LogP contribution in [0.3, 0.4) is 0 Å². The Balaban J connectivity index is 1.63. The van der Waals surface area contributed by atoms with Crippen molar-refractivity contribution in [3.63, 3.8) is 0 Å². The van der Waals surface area contributed by atoms with Gasteiger partial charge in [0, 0.05) is 12.1 Å². The Bertz CT molecular complexity index is 1490. The molecular weight excluding hydrogens is 418 g/mol. The van der Waals surface area contributed by atoms with Gasteiger partial charge in [-0.3, -0.25) is 4.57 Å². The van der Waals surface area contributed by atoms with E-state index in [1.165, 1.54) is 0 Å². The maximum atomic E-state index is 5.61. The van der Waals surface area contributed by atoms with Crippen molar-refractivity contribution in [1.82, 2.24) is 24.1 Å². The number of nitrogens with zero attached hydrogens (tertiary/aromatic N) is 5. The van der Waals surface area contributed by atoms with Gasteiger partial charge in [0.25, 0.3) is 0 Å². The van der Waals surface area contributed by atoms with Gasteiger partial charge in [-0.2, -0.15) is 0 Å². The molecule has 8 heteroatoms. The summed E-state index contributed by atoms with van der Waals surface area (Å²) in [4.78, 5) is 9.63. The lowest BCUT2D eigenvalue weighted by molar-refractivity contribution is 0.354. The van der Waals surface area contributed by atoms with E-state index < -0.39 is 0 Å². The van der Waals surface area contributed by atoms with E-state index in [-0.39, 0.29) is 0 Å². The predicted molar refractivity (Wildman–Crippen MR) is 126 cm³/mol. The van der Waals surface area contributed by atoms with Gasteiger partial charge in [0.05, 0.1) is 32.4 Å². The van der Waals surface area contributed by atoms with Gasteiger partial charge in [-0.25, -0.2) is 14.5 Å². The van der Waals surface area contributed by atoms with Crippen LogP contribution in [0.5, 0.6) is 17.2 Å². The molecule has 5 rings (SSSR count). The Kier molecular flexibility index (Phi) is 5.12. The number of para-hydroxylation sites is 2. The van der Waals surface area contributed by atoms with Crippen LogP contribution in [0.25, 0.3) is 22.4 Å². The van der Waals surface area contributed by atoms with E-state index in [0.717, 1.165) is 44.9 Å². The summed E-state index contributed by atoms with van der Waals surface area (Å²) in [6.45, 7) is 4.18. The van der Waals surface area contributed by atoms with Crippen molar-refractivity contribution in [2.45, 2.75) is 20.3 Å². The topological polar surface area (TPSA) is 75.7 Å². The third-order valence-electron chi connectivity index (χ3n) is 6.01. The highest BCUT2D eigenvalue weighted by atomic mass is 16.5. The minimum absolute atomic E-state index is 0.564. The number of hydrogen-bond acceptors (Lipinski definition) is 6. The summed E-state index contributed by atoms with van der Waals surface area (Å²) >= 11 is 0. The van der Waals surface area contributed by atoms with Crippen LogP contribution in [-0.4, -0.2) is 45.5 Å². The molecule has 5 aromatic rings. The van der Waals surface area contributed by atoms with Crippen molar-refractivity contribution >= 4 is 16.7 Å². The molecule has 0 N–H and O–H groups in total. The lowest BCUT2D eigenvalue weighted by atomic mass is 10.1. The van der Waals surface area contributed by atoms with Crippen LogP contribution in [0.15, 0.2) is 48.8 Å². The molecule has 33 heavy (non-hydrogen) atoms. The fraction of sp³-hybridized carbons (Fsp3) is 0.240. The number of rotatable bonds is 6. The van der Waals surface area contributed by atoms with Crippen molar-refractivity contribution in [2.75, 3.05) is 21.3 Å². The molecule has 0 amide bonds. The van der Waals surface area contributed by atoms with E-state index in [0.29, 0.717) is 23.7 Å². The van der Waals surface area contributed by atoms with Crippen molar-refractivity contribution in [3.8, 4) is 22.9 Å². The second kappa shape index (κ2) is 8.12. The Morgan fingerprint density at radius 1 is 0.848 bits per heavy atom. The van der Waals surface area contributed by atoms with Crippen molar-refractivity contribution < 1.29 is 14.2 Å². The number of fused-ring (bicyclic) bond motifs is 3. The van der Waals surface area contributed by atoms with E-state index in [4.69, 9.17) is 24.2 Å². The lowest BCUT2D eigenvalue weighted by Gasteiger charge is -2.12. The molecule has 3 aromatic heterocycles. The Labute approximate surface area is 191 Å². The SMILES string of the molecule is COc1ccc(Cc2nc3c4c(C)c(C)n(-c5ccccc5OC)c4ncn3n2)cc1OC. The third kappa shape index (κ3) is 3.34. The maximum absolute atomic E-state index is 5.61. The molecule has 2 aromatic carbocycles. The molecule has 0 aliphatic heterocycles. The molecule has 0 unspecified atom stereocenters. The van der Waals surface area contributed by atoms with Gasteiger partial charge in [0.2, 0.25) is 0 Å². The first-order valence-corrected chi connectivity index (χ1v) is 10.6. The highest BCUT2D eigenvalue weighted by molar-refractivity contribution is 5.95. The van der Waals surface area contributed by atoms with Crippen molar-refractivity contribution in [2.24, 2.45) is 0 Å². The molecule has 8 nitrogen and oxygen atoms in total. The summed E-state index contributed by atoms with van der Waals surface area (Å²) in [5, 5.41) is 5.66. The summed E-state index contributed by atoms with van der Waals surface area (Å²) in [5.74, 6) is 2.87. The molecule has 3 heterocycles. The third-order valence-corrected chi connectivity index (χ3v) is 6.01. The number of aromatic nitrogens is 5. The number of methoxy groups -OCH3 is 3. The lowest BCUT2D eigenvalue weighted by Crippen LogP contribution is -2.01. The molecule has 0 saturated carbocycles. The molecular formula is C25H25N5O3. The molecule has 0 radical (unpaired) electrons. The second-order valence-electron chi connectivity index (χ2n) is 7.82. The van der Waals surface area contributed by atoms with Crippen LogP contribution in [0.1, 0.15) is 22.6 Å². The average Bonchev–Trinajstić information content (AvgIpc) is 3.36. The number of ether oxygens (including phenoxy) is 3. The minimum atomic E-state index is 0.564. The van der Waals surface area contributed by atoms with Crippen LogP contribution in [0.4, 0.5) is 0 Å². The molecule has 0 fully saturated rings. The molecule has 0 aliphatic rings. The van der Waals surface area contributed by atoms with Gasteiger partial charge in [-0.15, -0.1) is 5.10 Å². The number of hydrogen-bond donors (Lipinski definition) is 0. The molecule has 168 valence electrons. The Hall–Kier alpha value is -4.07.